The van der Waals surface area contributed by atoms with E-state index >= 15 is 0 Å². The number of rotatable bonds is 4. The number of nitrogens with zero attached hydrogens (tertiary/aromatic N) is 3. The minimum absolute atomic E-state index is 0.241. The molecule has 0 saturated carbocycles. The van der Waals surface area contributed by atoms with Crippen LogP contribution in [0.15, 0.2) is 54.6 Å². The summed E-state index contributed by atoms with van der Waals surface area (Å²) in [6.45, 7) is 7.63. The Hall–Kier alpha value is -3.13. The number of halogens is 3. The Bertz CT molecular complexity index is 1200. The summed E-state index contributed by atoms with van der Waals surface area (Å²) in [7, 11) is 0. The van der Waals surface area contributed by atoms with Gasteiger partial charge in [-0.3, -0.25) is 4.40 Å². The molecule has 8 heteroatoms. The molecule has 0 spiro atoms. The third-order valence-corrected chi connectivity index (χ3v) is 5.26. The lowest BCUT2D eigenvalue weighted by Gasteiger charge is -2.07. The zero-order valence-electron chi connectivity index (χ0n) is 15.7. The fraction of sp³-hybridized carbons (Fsp3) is 0.143. The van der Waals surface area contributed by atoms with Gasteiger partial charge in [0.2, 0.25) is 0 Å². The van der Waals surface area contributed by atoms with Gasteiger partial charge in [0.25, 0.3) is 0 Å². The topological polar surface area (TPSA) is 42.2 Å². The quantitative estimate of drug-likeness (QED) is 0.411. The molecule has 4 nitrogen and oxygen atoms in total. The van der Waals surface area contributed by atoms with Crippen LogP contribution in [0, 0.1) is 6.92 Å². The third-order valence-electron chi connectivity index (χ3n) is 4.50. The minimum atomic E-state index is -4.40. The number of aromatic nitrogens is 3. The molecule has 0 amide bonds. The van der Waals surface area contributed by atoms with Crippen LogP contribution < -0.4 is 5.32 Å². The van der Waals surface area contributed by atoms with E-state index in [1.165, 1.54) is 17.5 Å². The van der Waals surface area contributed by atoms with Crippen molar-refractivity contribution in [1.82, 2.24) is 14.4 Å². The molecule has 0 aliphatic carbocycles. The van der Waals surface area contributed by atoms with Gasteiger partial charge >= 0.3 is 6.18 Å². The standard InChI is InChI=1S/C21H17F3N4S/c1-12(2)14-4-6-16(7-5-14)26-20-27-17(11-29-20)19-13(3)25-18-10-15(21(22,23)24)8-9-28(18)19/h4-11H,1H2,2-3H3,(H,26,27). The Labute approximate surface area is 169 Å². The molecule has 3 heterocycles. The van der Waals surface area contributed by atoms with E-state index in [1.54, 1.807) is 11.3 Å². The number of pyridine rings is 1. The van der Waals surface area contributed by atoms with Gasteiger partial charge in [-0.15, -0.1) is 11.3 Å². The SMILES string of the molecule is C=C(C)c1ccc(Nc2nc(-c3c(C)nc4cc(C(F)(F)F)ccn34)cs2)cc1. The van der Waals surface area contributed by atoms with Crippen molar-refractivity contribution in [3.8, 4) is 11.4 Å². The van der Waals surface area contributed by atoms with Crippen LogP contribution in [0.1, 0.15) is 23.7 Å². The van der Waals surface area contributed by atoms with Gasteiger partial charge in [0.1, 0.15) is 11.3 Å². The predicted molar refractivity (Wildman–Crippen MR) is 110 cm³/mol. The van der Waals surface area contributed by atoms with Gasteiger partial charge in [-0.25, -0.2) is 9.97 Å². The summed E-state index contributed by atoms with van der Waals surface area (Å²) in [6, 6.07) is 9.95. The van der Waals surface area contributed by atoms with E-state index in [0.717, 1.165) is 29.0 Å². The number of anilines is 2. The van der Waals surface area contributed by atoms with E-state index in [2.05, 4.69) is 21.9 Å². The zero-order chi connectivity index (χ0) is 20.8. The van der Waals surface area contributed by atoms with E-state index in [4.69, 9.17) is 0 Å². The summed E-state index contributed by atoms with van der Waals surface area (Å²) in [5, 5.41) is 5.79. The van der Waals surface area contributed by atoms with Crippen LogP contribution in [0.4, 0.5) is 24.0 Å². The first-order chi connectivity index (χ1) is 13.7. The monoisotopic (exact) mass is 414 g/mol. The molecule has 0 aliphatic heterocycles. The highest BCUT2D eigenvalue weighted by Gasteiger charge is 2.31. The van der Waals surface area contributed by atoms with Gasteiger partial charge in [-0.05, 0) is 43.7 Å². The second-order valence-corrected chi connectivity index (χ2v) is 7.57. The molecule has 29 heavy (non-hydrogen) atoms. The number of nitrogens with one attached hydrogen (secondary N) is 1. The molecule has 3 aromatic heterocycles. The molecule has 0 unspecified atom stereocenters. The second-order valence-electron chi connectivity index (χ2n) is 6.71. The van der Waals surface area contributed by atoms with Crippen molar-refractivity contribution in [3.05, 3.63) is 71.4 Å². The molecule has 0 bridgehead atoms. The van der Waals surface area contributed by atoms with Crippen LogP contribution in [-0.2, 0) is 6.18 Å². The second kappa shape index (κ2) is 7.04. The molecule has 1 aromatic carbocycles. The van der Waals surface area contributed by atoms with Gasteiger partial charge in [0.15, 0.2) is 5.13 Å². The van der Waals surface area contributed by atoms with Gasteiger partial charge in [0.05, 0.1) is 17.0 Å². The number of alkyl halides is 3. The average Bonchev–Trinajstić information content (AvgIpc) is 3.23. The zero-order valence-corrected chi connectivity index (χ0v) is 16.5. The lowest BCUT2D eigenvalue weighted by Crippen LogP contribution is -2.05. The Balaban J connectivity index is 1.64. The fourth-order valence-electron chi connectivity index (χ4n) is 3.05. The predicted octanol–water partition coefficient (Wildman–Crippen LogP) is 6.56. The number of benzene rings is 1. The molecule has 0 radical (unpaired) electrons. The molecule has 1 N–H and O–H groups in total. The number of hydrogen-bond donors (Lipinski definition) is 1. The molecular formula is C21H17F3N4S. The van der Waals surface area contributed by atoms with E-state index < -0.39 is 11.7 Å². The lowest BCUT2D eigenvalue weighted by molar-refractivity contribution is -0.137. The number of aryl methyl sites for hydroxylation is 1. The van der Waals surface area contributed by atoms with E-state index in [1.807, 2.05) is 36.6 Å². The fourth-order valence-corrected chi connectivity index (χ4v) is 3.76. The van der Waals surface area contributed by atoms with Gasteiger partial charge in [-0.2, -0.15) is 13.2 Å². The Morgan fingerprint density at radius 2 is 1.86 bits per heavy atom. The average molecular weight is 414 g/mol. The first kappa shape index (κ1) is 19.2. The van der Waals surface area contributed by atoms with E-state index in [9.17, 15) is 13.2 Å². The summed E-state index contributed by atoms with van der Waals surface area (Å²) < 4.78 is 40.5. The molecule has 0 fully saturated rings. The summed E-state index contributed by atoms with van der Waals surface area (Å²) in [5.74, 6) is 0. The number of imidazole rings is 1. The molecule has 0 aliphatic rings. The summed E-state index contributed by atoms with van der Waals surface area (Å²) in [4.78, 5) is 8.88. The van der Waals surface area contributed by atoms with Crippen molar-refractivity contribution >= 4 is 33.4 Å². The normalized spacial score (nSPS) is 11.8. The van der Waals surface area contributed by atoms with Crippen LogP contribution in [0.25, 0.3) is 22.6 Å². The summed E-state index contributed by atoms with van der Waals surface area (Å²) in [6.07, 6.45) is -3.02. The maximum atomic E-state index is 13.0. The molecule has 0 saturated heterocycles. The number of fused-ring (bicyclic) bond motifs is 1. The Morgan fingerprint density at radius 1 is 1.14 bits per heavy atom. The largest absolute Gasteiger partial charge is 0.416 e. The van der Waals surface area contributed by atoms with Gasteiger partial charge in [-0.1, -0.05) is 24.3 Å². The maximum Gasteiger partial charge on any atom is 0.416 e. The molecule has 148 valence electrons. The number of thiazole rings is 1. The van der Waals surface area contributed by atoms with Crippen molar-refractivity contribution in [2.24, 2.45) is 0 Å². The highest BCUT2D eigenvalue weighted by Crippen LogP contribution is 2.33. The van der Waals surface area contributed by atoms with E-state index in [0.29, 0.717) is 22.2 Å². The van der Waals surface area contributed by atoms with Crippen LogP contribution in [0.2, 0.25) is 0 Å². The first-order valence-electron chi connectivity index (χ1n) is 8.77. The van der Waals surface area contributed by atoms with Crippen molar-refractivity contribution in [3.63, 3.8) is 0 Å². The van der Waals surface area contributed by atoms with Crippen molar-refractivity contribution in [1.29, 1.82) is 0 Å². The molecular weight excluding hydrogens is 397 g/mol. The van der Waals surface area contributed by atoms with Crippen LogP contribution in [0.3, 0.4) is 0 Å². The lowest BCUT2D eigenvalue weighted by atomic mass is 10.1. The van der Waals surface area contributed by atoms with Gasteiger partial charge in [0, 0.05) is 17.3 Å². The Kier molecular flexibility index (Phi) is 4.66. The van der Waals surface area contributed by atoms with E-state index in [-0.39, 0.29) is 5.65 Å². The molecule has 4 aromatic rings. The highest BCUT2D eigenvalue weighted by molar-refractivity contribution is 7.14. The van der Waals surface area contributed by atoms with Crippen LogP contribution in [-0.4, -0.2) is 14.4 Å². The smallest absolute Gasteiger partial charge is 0.332 e. The number of hydrogen-bond acceptors (Lipinski definition) is 4. The number of allylic oxidation sites excluding steroid dienone is 1. The van der Waals surface area contributed by atoms with Crippen LogP contribution in [0.5, 0.6) is 0 Å². The van der Waals surface area contributed by atoms with Crippen molar-refractivity contribution in [2.45, 2.75) is 20.0 Å². The van der Waals surface area contributed by atoms with Crippen molar-refractivity contribution in [2.75, 3.05) is 5.32 Å². The van der Waals surface area contributed by atoms with Gasteiger partial charge < -0.3 is 5.32 Å². The first-order valence-corrected chi connectivity index (χ1v) is 9.65. The minimum Gasteiger partial charge on any atom is -0.332 e. The Morgan fingerprint density at radius 3 is 2.52 bits per heavy atom. The summed E-state index contributed by atoms with van der Waals surface area (Å²) in [5.41, 5.74) is 4.41. The van der Waals surface area contributed by atoms with Crippen LogP contribution >= 0.6 is 11.3 Å². The third kappa shape index (κ3) is 3.75. The molecule has 0 atom stereocenters. The summed E-state index contributed by atoms with van der Waals surface area (Å²) >= 11 is 1.42. The molecule has 4 rings (SSSR count). The van der Waals surface area contributed by atoms with Crippen molar-refractivity contribution < 1.29 is 13.2 Å². The highest BCUT2D eigenvalue weighted by atomic mass is 32.1. The maximum absolute atomic E-state index is 13.0.